The number of nitrogens with zero attached hydrogens (tertiary/aromatic N) is 3. The fraction of sp³-hybridized carbons (Fsp3) is 0.155. The van der Waals surface area contributed by atoms with Crippen molar-refractivity contribution in [2.45, 2.75) is 70.3 Å². The van der Waals surface area contributed by atoms with Crippen LogP contribution in [0.4, 0.5) is 28.4 Å². The van der Waals surface area contributed by atoms with E-state index in [4.69, 9.17) is 0 Å². The van der Waals surface area contributed by atoms with Crippen LogP contribution in [-0.4, -0.2) is 10.6 Å². The number of hydrogen-bond donors (Lipinski definition) is 0. The van der Waals surface area contributed by atoms with Crippen molar-refractivity contribution in [1.82, 2.24) is 4.57 Å². The van der Waals surface area contributed by atoms with Gasteiger partial charge in [-0.05, 0) is 162 Å². The number of aromatic nitrogens is 1. The number of benzene rings is 10. The molecule has 0 saturated heterocycles. The molecule has 0 radical (unpaired) electrons. The standard InChI is InChI=1S/C71H57N3/c1-69(2)60-23-13-11-21-54(60)56-34-31-51(41-63(56)69)72(48-29-27-44-17-7-9-19-46(44)37-48)50-33-36-66-58(39-50)59-40-53(43-65-68(59)74(66)67-26-16-15-25-62(67)71(65,5)6)73(49-30-28-45-18-8-10-20-47(45)38-49)52-32-35-57-55-22-12-14-24-61(55)70(3,4)64(57)42-52/h7-38,40-43,50H,39H2,1-6H3. The molecular weight excluding hydrogens is 895 g/mol. The molecule has 0 amide bonds. The molecule has 1 aliphatic heterocycles. The molecule has 3 nitrogen and oxygen atoms in total. The largest absolute Gasteiger partial charge is 0.334 e. The molecule has 0 spiro atoms. The third-order valence-electron chi connectivity index (χ3n) is 17.8. The van der Waals surface area contributed by atoms with E-state index >= 15 is 0 Å². The molecule has 0 saturated carbocycles. The fourth-order valence-electron chi connectivity index (χ4n) is 14.0. The molecule has 1 unspecified atom stereocenters. The number of fused-ring (bicyclic) bond motifs is 13. The van der Waals surface area contributed by atoms with Crippen LogP contribution in [0.5, 0.6) is 0 Å². The van der Waals surface area contributed by atoms with E-state index in [-0.39, 0.29) is 22.3 Å². The number of rotatable bonds is 6. The third-order valence-corrected chi connectivity index (χ3v) is 17.8. The Bertz CT molecular complexity index is 4230. The van der Waals surface area contributed by atoms with E-state index in [0.717, 1.165) is 17.8 Å². The second kappa shape index (κ2) is 15.3. The minimum absolute atomic E-state index is 0.0286. The molecule has 2 heterocycles. The van der Waals surface area contributed by atoms with Crippen LogP contribution < -0.4 is 9.80 Å². The number of anilines is 5. The summed E-state index contributed by atoms with van der Waals surface area (Å²) in [5, 5.41) is 6.27. The molecule has 3 aliphatic carbocycles. The molecule has 10 aromatic carbocycles. The highest BCUT2D eigenvalue weighted by atomic mass is 15.2. The Morgan fingerprint density at radius 3 is 1.51 bits per heavy atom. The van der Waals surface area contributed by atoms with E-state index in [0.29, 0.717) is 0 Å². The van der Waals surface area contributed by atoms with Gasteiger partial charge in [-0.2, -0.15) is 0 Å². The quantitative estimate of drug-likeness (QED) is 0.165. The van der Waals surface area contributed by atoms with E-state index in [9.17, 15) is 0 Å². The van der Waals surface area contributed by atoms with Gasteiger partial charge in [0, 0.05) is 55.8 Å². The normalized spacial score (nSPS) is 16.6. The molecule has 11 aromatic rings. The molecule has 0 bridgehead atoms. The first-order valence-corrected chi connectivity index (χ1v) is 26.5. The average molecular weight is 952 g/mol. The topological polar surface area (TPSA) is 11.4 Å². The van der Waals surface area contributed by atoms with Gasteiger partial charge >= 0.3 is 0 Å². The van der Waals surface area contributed by atoms with Crippen molar-refractivity contribution in [3.05, 3.63) is 257 Å². The summed E-state index contributed by atoms with van der Waals surface area (Å²) in [4.78, 5) is 5.17. The lowest BCUT2D eigenvalue weighted by Crippen LogP contribution is -2.33. The van der Waals surface area contributed by atoms with Gasteiger partial charge in [0.2, 0.25) is 0 Å². The molecule has 1 atom stereocenters. The molecule has 0 fully saturated rings. The van der Waals surface area contributed by atoms with Gasteiger partial charge in [0.15, 0.2) is 0 Å². The molecule has 4 aliphatic rings. The lowest BCUT2D eigenvalue weighted by Gasteiger charge is -2.36. The van der Waals surface area contributed by atoms with Gasteiger partial charge in [-0.25, -0.2) is 0 Å². The Kier molecular flexibility index (Phi) is 8.94. The van der Waals surface area contributed by atoms with E-state index < -0.39 is 0 Å². The first-order chi connectivity index (χ1) is 35.9. The Morgan fingerprint density at radius 2 is 0.851 bits per heavy atom. The summed E-state index contributed by atoms with van der Waals surface area (Å²) in [5.41, 5.74) is 24.1. The minimum Gasteiger partial charge on any atom is -0.334 e. The Hall–Kier alpha value is -8.40. The van der Waals surface area contributed by atoms with Gasteiger partial charge in [-0.15, -0.1) is 0 Å². The summed E-state index contributed by atoms with van der Waals surface area (Å²) in [6, 6.07) is 78.2. The molecule has 3 heteroatoms. The Labute approximate surface area is 434 Å². The van der Waals surface area contributed by atoms with Crippen LogP contribution in [0.1, 0.15) is 86.2 Å². The zero-order chi connectivity index (χ0) is 49.8. The van der Waals surface area contributed by atoms with E-state index in [2.05, 4.69) is 274 Å². The highest BCUT2D eigenvalue weighted by Gasteiger charge is 2.41. The van der Waals surface area contributed by atoms with Crippen LogP contribution in [0.3, 0.4) is 0 Å². The Morgan fingerprint density at radius 1 is 0.392 bits per heavy atom. The van der Waals surface area contributed by atoms with Crippen molar-refractivity contribution in [3.63, 3.8) is 0 Å². The summed E-state index contributed by atoms with van der Waals surface area (Å²) in [5.74, 6) is 0. The molecule has 74 heavy (non-hydrogen) atoms. The zero-order valence-electron chi connectivity index (χ0n) is 42.9. The molecule has 0 N–H and O–H groups in total. The summed E-state index contributed by atoms with van der Waals surface area (Å²) < 4.78 is 2.60. The van der Waals surface area contributed by atoms with Crippen LogP contribution in [-0.2, 0) is 22.7 Å². The predicted molar refractivity (Wildman–Crippen MR) is 312 cm³/mol. The summed E-state index contributed by atoms with van der Waals surface area (Å²) in [7, 11) is 0. The maximum Gasteiger partial charge on any atom is 0.0580 e. The maximum absolute atomic E-state index is 2.63. The average Bonchev–Trinajstić information content (AvgIpc) is 3.96. The number of para-hydroxylation sites is 1. The van der Waals surface area contributed by atoms with Gasteiger partial charge in [-0.1, -0.05) is 187 Å². The van der Waals surface area contributed by atoms with Crippen molar-refractivity contribution < 1.29 is 0 Å². The monoisotopic (exact) mass is 951 g/mol. The van der Waals surface area contributed by atoms with Gasteiger partial charge < -0.3 is 14.4 Å². The zero-order valence-corrected chi connectivity index (χ0v) is 42.9. The van der Waals surface area contributed by atoms with Crippen molar-refractivity contribution in [2.24, 2.45) is 0 Å². The van der Waals surface area contributed by atoms with Gasteiger partial charge in [-0.3, -0.25) is 0 Å². The Balaban J connectivity index is 0.954. The van der Waals surface area contributed by atoms with Crippen LogP contribution in [0.2, 0.25) is 0 Å². The van der Waals surface area contributed by atoms with Gasteiger partial charge in [0.25, 0.3) is 0 Å². The summed E-state index contributed by atoms with van der Waals surface area (Å²) >= 11 is 0. The second-order valence-corrected chi connectivity index (χ2v) is 22.9. The van der Waals surface area contributed by atoms with Crippen molar-refractivity contribution in [3.8, 4) is 27.9 Å². The van der Waals surface area contributed by atoms with Crippen LogP contribution in [0.25, 0.3) is 66.5 Å². The van der Waals surface area contributed by atoms with Gasteiger partial charge in [0.1, 0.15) is 0 Å². The second-order valence-electron chi connectivity index (χ2n) is 22.9. The van der Waals surface area contributed by atoms with Crippen LogP contribution >= 0.6 is 0 Å². The highest BCUT2D eigenvalue weighted by Crippen LogP contribution is 2.55. The molecule has 356 valence electrons. The van der Waals surface area contributed by atoms with Crippen LogP contribution in [0, 0.1) is 0 Å². The highest BCUT2D eigenvalue weighted by molar-refractivity contribution is 6.01. The van der Waals surface area contributed by atoms with E-state index in [1.54, 1.807) is 0 Å². The smallest absolute Gasteiger partial charge is 0.0580 e. The van der Waals surface area contributed by atoms with Gasteiger partial charge in [0.05, 0.1) is 17.2 Å². The van der Waals surface area contributed by atoms with Crippen LogP contribution in [0.15, 0.2) is 212 Å². The molecule has 15 rings (SSSR count). The molecular formula is C71H57N3. The minimum atomic E-state index is -0.284. The van der Waals surface area contributed by atoms with Crippen molar-refractivity contribution >= 4 is 67.0 Å². The fourth-order valence-corrected chi connectivity index (χ4v) is 14.0. The van der Waals surface area contributed by atoms with E-state index in [1.165, 1.54) is 122 Å². The third kappa shape index (κ3) is 6.01. The first kappa shape index (κ1) is 43.2. The summed E-state index contributed by atoms with van der Waals surface area (Å²) in [6.45, 7) is 14.4. The van der Waals surface area contributed by atoms with Crippen molar-refractivity contribution in [2.75, 3.05) is 9.80 Å². The predicted octanol–water partition coefficient (Wildman–Crippen LogP) is 18.4. The van der Waals surface area contributed by atoms with Crippen molar-refractivity contribution in [1.29, 1.82) is 0 Å². The lowest BCUT2D eigenvalue weighted by molar-refractivity contribution is 0.628. The lowest BCUT2D eigenvalue weighted by atomic mass is 9.74. The molecule has 1 aromatic heterocycles. The summed E-state index contributed by atoms with van der Waals surface area (Å²) in [6.07, 6.45) is 5.77. The first-order valence-electron chi connectivity index (χ1n) is 26.5. The maximum atomic E-state index is 2.63. The SMILES string of the molecule is CC1(C)c2ccccc2-c2ccc(N(c3ccc4ccccc4c3)c3cc4c5c(c3)c3c(n5-c5ccccc5C4(C)C)C=CC(N(c4ccc5c(c4)C(C)(C)c4ccccc4-5)c4ccc5ccccc5c4)C3)cc21. The van der Waals surface area contributed by atoms with E-state index in [1.807, 2.05) is 0 Å². The number of hydrogen-bond acceptors (Lipinski definition) is 2.